The second kappa shape index (κ2) is 9.65. The molecule has 6 nitrogen and oxygen atoms in total. The lowest BCUT2D eigenvalue weighted by molar-refractivity contribution is 0.0942. The number of rotatable bonds is 9. The highest BCUT2D eigenvalue weighted by Gasteiger charge is 2.25. The number of likely N-dealkylation sites (N-methyl/N-ethyl adjacent to an activating group) is 1. The van der Waals surface area contributed by atoms with Crippen LogP contribution in [0, 0.1) is 6.92 Å². The Morgan fingerprint density at radius 2 is 1.86 bits per heavy atom. The molecule has 1 heterocycles. The van der Waals surface area contributed by atoms with Crippen LogP contribution in [0.4, 0.5) is 0 Å². The summed E-state index contributed by atoms with van der Waals surface area (Å²) in [4.78, 5) is 16.1. The predicted molar refractivity (Wildman–Crippen MR) is 114 cm³/mol. The van der Waals surface area contributed by atoms with Gasteiger partial charge in [0, 0.05) is 30.1 Å². The molecule has 1 atom stereocenters. The molecule has 1 unspecified atom stereocenters. The van der Waals surface area contributed by atoms with Crippen LogP contribution in [0.2, 0.25) is 0 Å². The van der Waals surface area contributed by atoms with E-state index in [1.165, 1.54) is 15.2 Å². The van der Waals surface area contributed by atoms with Crippen molar-refractivity contribution in [2.75, 3.05) is 33.7 Å². The number of carbonyl (C=O) groups excluding carboxylic acids is 1. The van der Waals surface area contributed by atoms with Crippen molar-refractivity contribution in [2.24, 2.45) is 0 Å². The molecule has 0 radical (unpaired) electrons. The number of amides is 1. The summed E-state index contributed by atoms with van der Waals surface area (Å²) in [7, 11) is 0.318. The van der Waals surface area contributed by atoms with Gasteiger partial charge in [-0.25, -0.2) is 8.42 Å². The monoisotopic (exact) mass is 423 g/mol. The number of nitrogens with zero attached hydrogens (tertiary/aromatic N) is 2. The minimum Gasteiger partial charge on any atom is -0.350 e. The Hall–Kier alpha value is -1.74. The van der Waals surface area contributed by atoms with Gasteiger partial charge in [-0.2, -0.15) is 4.31 Å². The smallest absolute Gasteiger partial charge is 0.251 e. The molecule has 0 aliphatic carbocycles. The van der Waals surface area contributed by atoms with Gasteiger partial charge in [0.25, 0.3) is 5.91 Å². The number of aryl methyl sites for hydroxylation is 1. The standard InChI is InChI=1S/C20H29N3O3S2/c1-6-23(7-2)28(25,26)19-13-16(11-10-15(19)3)20(24)21-14-17(22(4)5)18-9-8-12-27-18/h8-13,17H,6-7,14H2,1-5H3,(H,21,24). The number of hydrogen-bond donors (Lipinski definition) is 1. The van der Waals surface area contributed by atoms with Crippen LogP contribution < -0.4 is 5.32 Å². The number of sulfonamides is 1. The molecular formula is C20H29N3O3S2. The molecule has 8 heteroatoms. The molecule has 0 bridgehead atoms. The molecule has 0 spiro atoms. The Morgan fingerprint density at radius 1 is 1.18 bits per heavy atom. The van der Waals surface area contributed by atoms with Crippen LogP contribution in [0.5, 0.6) is 0 Å². The molecule has 28 heavy (non-hydrogen) atoms. The molecular weight excluding hydrogens is 394 g/mol. The first-order valence-corrected chi connectivity index (χ1v) is 11.6. The van der Waals surface area contributed by atoms with Crippen LogP contribution in [-0.2, 0) is 10.0 Å². The molecule has 1 amide bonds. The van der Waals surface area contributed by atoms with Crippen LogP contribution in [0.3, 0.4) is 0 Å². The highest BCUT2D eigenvalue weighted by atomic mass is 32.2. The first-order chi connectivity index (χ1) is 13.2. The maximum atomic E-state index is 12.9. The van der Waals surface area contributed by atoms with Crippen molar-refractivity contribution in [1.82, 2.24) is 14.5 Å². The Balaban J connectivity index is 2.23. The van der Waals surface area contributed by atoms with Crippen LogP contribution in [-0.4, -0.2) is 57.3 Å². The zero-order valence-electron chi connectivity index (χ0n) is 17.1. The number of carbonyl (C=O) groups is 1. The first-order valence-electron chi connectivity index (χ1n) is 9.31. The first kappa shape index (κ1) is 22.5. The highest BCUT2D eigenvalue weighted by Crippen LogP contribution is 2.23. The molecule has 2 rings (SSSR count). The fraction of sp³-hybridized carbons (Fsp3) is 0.450. The Labute approximate surface area is 172 Å². The van der Waals surface area contributed by atoms with Crippen LogP contribution in [0.15, 0.2) is 40.6 Å². The maximum absolute atomic E-state index is 12.9. The second-order valence-electron chi connectivity index (χ2n) is 6.77. The van der Waals surface area contributed by atoms with E-state index in [-0.39, 0.29) is 16.8 Å². The topological polar surface area (TPSA) is 69.7 Å². The molecule has 1 aromatic carbocycles. The van der Waals surface area contributed by atoms with Crippen molar-refractivity contribution in [3.63, 3.8) is 0 Å². The highest BCUT2D eigenvalue weighted by molar-refractivity contribution is 7.89. The number of benzene rings is 1. The third-order valence-electron chi connectivity index (χ3n) is 4.72. The number of nitrogens with one attached hydrogen (secondary N) is 1. The van der Waals surface area contributed by atoms with E-state index in [1.807, 2.05) is 31.6 Å². The number of hydrogen-bond acceptors (Lipinski definition) is 5. The fourth-order valence-electron chi connectivity index (χ4n) is 3.03. The summed E-state index contributed by atoms with van der Waals surface area (Å²) in [5, 5.41) is 4.95. The third-order valence-corrected chi connectivity index (χ3v) is 7.89. The van der Waals surface area contributed by atoms with E-state index in [9.17, 15) is 13.2 Å². The molecule has 0 aliphatic heterocycles. The van der Waals surface area contributed by atoms with E-state index >= 15 is 0 Å². The van der Waals surface area contributed by atoms with Crippen molar-refractivity contribution in [3.05, 3.63) is 51.7 Å². The summed E-state index contributed by atoms with van der Waals surface area (Å²) in [6, 6.07) is 8.93. The SMILES string of the molecule is CCN(CC)S(=O)(=O)c1cc(C(=O)NCC(c2cccs2)N(C)C)ccc1C. The number of thiophene rings is 1. The van der Waals surface area contributed by atoms with Crippen molar-refractivity contribution >= 4 is 27.3 Å². The molecule has 154 valence electrons. The summed E-state index contributed by atoms with van der Waals surface area (Å²) in [6.07, 6.45) is 0. The lowest BCUT2D eigenvalue weighted by Crippen LogP contribution is -2.34. The molecule has 2 aromatic rings. The minimum atomic E-state index is -3.62. The van der Waals surface area contributed by atoms with Gasteiger partial charge >= 0.3 is 0 Å². The van der Waals surface area contributed by atoms with Crippen molar-refractivity contribution in [1.29, 1.82) is 0 Å². The van der Waals surface area contributed by atoms with E-state index in [0.717, 1.165) is 0 Å². The predicted octanol–water partition coefficient (Wildman–Crippen LogP) is 3.12. The van der Waals surface area contributed by atoms with Gasteiger partial charge in [-0.15, -0.1) is 11.3 Å². The van der Waals surface area contributed by atoms with Gasteiger partial charge in [-0.05, 0) is 50.2 Å². The van der Waals surface area contributed by atoms with Gasteiger partial charge in [-0.3, -0.25) is 4.79 Å². The van der Waals surface area contributed by atoms with E-state index in [4.69, 9.17) is 0 Å². The fourth-order valence-corrected chi connectivity index (χ4v) is 5.66. The van der Waals surface area contributed by atoms with Gasteiger partial charge in [-0.1, -0.05) is 26.0 Å². The Bertz CT molecular complexity index is 889. The molecule has 1 N–H and O–H groups in total. The lowest BCUT2D eigenvalue weighted by atomic mass is 10.1. The summed E-state index contributed by atoms with van der Waals surface area (Å²) in [5.74, 6) is -0.278. The third kappa shape index (κ3) is 5.00. The largest absolute Gasteiger partial charge is 0.350 e. The van der Waals surface area contributed by atoms with E-state index in [1.54, 1.807) is 44.2 Å². The minimum absolute atomic E-state index is 0.0632. The molecule has 1 aromatic heterocycles. The average Bonchev–Trinajstić information content (AvgIpc) is 3.16. The van der Waals surface area contributed by atoms with Gasteiger partial charge in [0.15, 0.2) is 0 Å². The van der Waals surface area contributed by atoms with E-state index in [0.29, 0.717) is 30.8 Å². The maximum Gasteiger partial charge on any atom is 0.251 e. The van der Waals surface area contributed by atoms with Crippen molar-refractivity contribution in [3.8, 4) is 0 Å². The Kier molecular flexibility index (Phi) is 7.77. The zero-order valence-corrected chi connectivity index (χ0v) is 18.7. The quantitative estimate of drug-likeness (QED) is 0.673. The van der Waals surface area contributed by atoms with Crippen LogP contribution in [0.1, 0.15) is 40.7 Å². The van der Waals surface area contributed by atoms with E-state index < -0.39 is 10.0 Å². The van der Waals surface area contributed by atoms with Crippen LogP contribution >= 0.6 is 11.3 Å². The summed E-state index contributed by atoms with van der Waals surface area (Å²) in [6.45, 7) is 6.58. The van der Waals surface area contributed by atoms with Crippen molar-refractivity contribution < 1.29 is 13.2 Å². The van der Waals surface area contributed by atoms with E-state index in [2.05, 4.69) is 10.2 Å². The van der Waals surface area contributed by atoms with Crippen LogP contribution in [0.25, 0.3) is 0 Å². The average molecular weight is 424 g/mol. The second-order valence-corrected chi connectivity index (χ2v) is 9.66. The lowest BCUT2D eigenvalue weighted by Gasteiger charge is -2.24. The zero-order chi connectivity index (χ0) is 20.9. The molecule has 0 saturated heterocycles. The van der Waals surface area contributed by atoms with Gasteiger partial charge in [0.1, 0.15) is 0 Å². The molecule has 0 aliphatic rings. The summed E-state index contributed by atoms with van der Waals surface area (Å²) >= 11 is 1.64. The molecule has 0 fully saturated rings. The van der Waals surface area contributed by atoms with Gasteiger partial charge in [0.2, 0.25) is 10.0 Å². The van der Waals surface area contributed by atoms with Gasteiger partial charge < -0.3 is 10.2 Å². The Morgan fingerprint density at radius 3 is 2.39 bits per heavy atom. The van der Waals surface area contributed by atoms with Gasteiger partial charge in [0.05, 0.1) is 10.9 Å². The summed E-state index contributed by atoms with van der Waals surface area (Å²) < 4.78 is 27.2. The molecule has 0 saturated carbocycles. The van der Waals surface area contributed by atoms with Crippen molar-refractivity contribution in [2.45, 2.75) is 31.7 Å². The normalized spacial score (nSPS) is 13.1. The summed E-state index contributed by atoms with van der Waals surface area (Å²) in [5.41, 5.74) is 0.980.